The summed E-state index contributed by atoms with van der Waals surface area (Å²) in [7, 11) is 0. The minimum Gasteiger partial charge on any atom is -0.344 e. The SMILES string of the molecule is CC(NC(=O)c1cc2cccc3c2n1C=CC=C3)c1ccccc1. The predicted molar refractivity (Wildman–Crippen MR) is 98.6 cm³/mol. The zero-order chi connectivity index (χ0) is 16.5. The third kappa shape index (κ3) is 2.44. The molecule has 1 aromatic heterocycles. The number of benzene rings is 2. The van der Waals surface area contributed by atoms with Gasteiger partial charge in [-0.15, -0.1) is 0 Å². The van der Waals surface area contributed by atoms with E-state index in [1.54, 1.807) is 0 Å². The Morgan fingerprint density at radius 1 is 1.04 bits per heavy atom. The second kappa shape index (κ2) is 5.85. The Hall–Kier alpha value is -3.07. The molecule has 3 heteroatoms. The Morgan fingerprint density at radius 2 is 1.88 bits per heavy atom. The van der Waals surface area contributed by atoms with Crippen molar-refractivity contribution in [2.45, 2.75) is 13.0 Å². The van der Waals surface area contributed by atoms with Gasteiger partial charge in [-0.3, -0.25) is 4.79 Å². The van der Waals surface area contributed by atoms with Gasteiger partial charge in [0.15, 0.2) is 0 Å². The van der Waals surface area contributed by atoms with Crippen molar-refractivity contribution < 1.29 is 4.79 Å². The van der Waals surface area contributed by atoms with Gasteiger partial charge in [-0.2, -0.15) is 0 Å². The van der Waals surface area contributed by atoms with Crippen LogP contribution in [0.3, 0.4) is 0 Å². The van der Waals surface area contributed by atoms with Crippen LogP contribution >= 0.6 is 0 Å². The van der Waals surface area contributed by atoms with Gasteiger partial charge in [0.2, 0.25) is 0 Å². The highest BCUT2D eigenvalue weighted by atomic mass is 16.2. The van der Waals surface area contributed by atoms with Crippen LogP contribution in [0, 0.1) is 0 Å². The van der Waals surface area contributed by atoms with E-state index in [-0.39, 0.29) is 11.9 Å². The molecule has 118 valence electrons. The predicted octanol–water partition coefficient (Wildman–Crippen LogP) is 4.63. The van der Waals surface area contributed by atoms with E-state index in [1.165, 1.54) is 0 Å². The van der Waals surface area contributed by atoms with Crippen LogP contribution in [0.2, 0.25) is 0 Å². The molecule has 1 amide bonds. The maximum Gasteiger partial charge on any atom is 0.268 e. The number of allylic oxidation sites excluding steroid dienone is 2. The van der Waals surface area contributed by atoms with Crippen molar-refractivity contribution in [3.63, 3.8) is 0 Å². The van der Waals surface area contributed by atoms with Crippen LogP contribution in [-0.4, -0.2) is 10.5 Å². The molecule has 0 aliphatic carbocycles. The summed E-state index contributed by atoms with van der Waals surface area (Å²) in [5, 5.41) is 4.17. The number of carbonyl (C=O) groups is 1. The largest absolute Gasteiger partial charge is 0.344 e. The van der Waals surface area contributed by atoms with Crippen molar-refractivity contribution in [2.75, 3.05) is 0 Å². The van der Waals surface area contributed by atoms with Crippen molar-refractivity contribution >= 4 is 29.1 Å². The molecule has 2 heterocycles. The van der Waals surface area contributed by atoms with E-state index in [9.17, 15) is 4.79 Å². The molecule has 3 aromatic rings. The Labute approximate surface area is 140 Å². The molecule has 0 spiro atoms. The van der Waals surface area contributed by atoms with E-state index in [0.29, 0.717) is 5.69 Å². The summed E-state index contributed by atoms with van der Waals surface area (Å²) >= 11 is 0. The minimum atomic E-state index is -0.0694. The Morgan fingerprint density at radius 3 is 2.71 bits per heavy atom. The van der Waals surface area contributed by atoms with Crippen LogP contribution in [-0.2, 0) is 0 Å². The fourth-order valence-corrected chi connectivity index (χ4v) is 3.17. The molecular formula is C21H18N2O. The highest BCUT2D eigenvalue weighted by molar-refractivity contribution is 6.02. The fourth-order valence-electron chi connectivity index (χ4n) is 3.17. The van der Waals surface area contributed by atoms with Crippen molar-refractivity contribution in [3.8, 4) is 0 Å². The molecule has 1 N–H and O–H groups in total. The monoisotopic (exact) mass is 314 g/mol. The summed E-state index contributed by atoms with van der Waals surface area (Å²) in [6, 6.07) is 18.0. The van der Waals surface area contributed by atoms with Gasteiger partial charge >= 0.3 is 0 Å². The quantitative estimate of drug-likeness (QED) is 0.751. The van der Waals surface area contributed by atoms with Gasteiger partial charge in [0.05, 0.1) is 11.6 Å². The van der Waals surface area contributed by atoms with Gasteiger partial charge in [0.25, 0.3) is 5.91 Å². The van der Waals surface area contributed by atoms with E-state index in [2.05, 4.69) is 17.5 Å². The number of amides is 1. The summed E-state index contributed by atoms with van der Waals surface area (Å²) < 4.78 is 1.97. The molecule has 1 aliphatic heterocycles. The molecule has 4 rings (SSSR count). The summed E-state index contributed by atoms with van der Waals surface area (Å²) in [4.78, 5) is 12.8. The number of hydrogen-bond donors (Lipinski definition) is 1. The molecular weight excluding hydrogens is 296 g/mol. The minimum absolute atomic E-state index is 0.0446. The summed E-state index contributed by atoms with van der Waals surface area (Å²) in [6.07, 6.45) is 7.96. The number of rotatable bonds is 3. The molecule has 1 unspecified atom stereocenters. The summed E-state index contributed by atoms with van der Waals surface area (Å²) in [5.41, 5.74) is 3.93. The topological polar surface area (TPSA) is 34.0 Å². The molecule has 0 fully saturated rings. The van der Waals surface area contributed by atoms with Crippen molar-refractivity contribution in [2.24, 2.45) is 0 Å². The zero-order valence-corrected chi connectivity index (χ0v) is 13.4. The van der Waals surface area contributed by atoms with Crippen molar-refractivity contribution in [1.29, 1.82) is 0 Å². The van der Waals surface area contributed by atoms with E-state index in [0.717, 1.165) is 22.0 Å². The average molecular weight is 314 g/mol. The Kier molecular flexibility index (Phi) is 3.54. The lowest BCUT2D eigenvalue weighted by Gasteiger charge is -2.15. The second-order valence-electron chi connectivity index (χ2n) is 5.99. The van der Waals surface area contributed by atoms with Crippen LogP contribution in [0.1, 0.15) is 34.6 Å². The normalized spacial score (nSPS) is 13.7. The number of hydrogen-bond acceptors (Lipinski definition) is 1. The number of nitrogens with zero attached hydrogens (tertiary/aromatic N) is 1. The summed E-state index contributed by atoms with van der Waals surface area (Å²) in [6.45, 7) is 2.00. The first-order chi connectivity index (χ1) is 11.7. The van der Waals surface area contributed by atoms with E-state index >= 15 is 0 Å². The molecule has 2 aromatic carbocycles. The van der Waals surface area contributed by atoms with Gasteiger partial charge < -0.3 is 9.88 Å². The number of aromatic nitrogens is 1. The highest BCUT2D eigenvalue weighted by Gasteiger charge is 2.18. The van der Waals surface area contributed by atoms with E-state index < -0.39 is 0 Å². The molecule has 0 radical (unpaired) electrons. The standard InChI is InChI=1S/C21H18N2O/c1-15(16-8-3-2-4-9-16)22-21(24)19-14-18-12-7-11-17-10-5-6-13-23(19)20(17)18/h2-15H,1H3,(H,22,24). The molecule has 0 saturated heterocycles. The van der Waals surface area contributed by atoms with E-state index in [4.69, 9.17) is 0 Å². The first kappa shape index (κ1) is 14.5. The smallest absolute Gasteiger partial charge is 0.268 e. The third-order valence-corrected chi connectivity index (χ3v) is 4.39. The summed E-state index contributed by atoms with van der Waals surface area (Å²) in [5.74, 6) is -0.0694. The van der Waals surface area contributed by atoms with Crippen LogP contribution in [0.4, 0.5) is 0 Å². The molecule has 0 saturated carbocycles. The fraction of sp³-hybridized carbons (Fsp3) is 0.0952. The van der Waals surface area contributed by atoms with Gasteiger partial charge in [-0.05, 0) is 30.2 Å². The zero-order valence-electron chi connectivity index (χ0n) is 13.4. The van der Waals surface area contributed by atoms with Crippen LogP contribution in [0.15, 0.2) is 66.7 Å². The molecule has 1 aliphatic rings. The molecule has 1 atom stereocenters. The van der Waals surface area contributed by atoms with Crippen LogP contribution < -0.4 is 5.32 Å². The van der Waals surface area contributed by atoms with Gasteiger partial charge in [0.1, 0.15) is 5.69 Å². The van der Waals surface area contributed by atoms with Crippen LogP contribution in [0.5, 0.6) is 0 Å². The molecule has 3 nitrogen and oxygen atoms in total. The number of nitrogens with one attached hydrogen (secondary N) is 1. The van der Waals surface area contributed by atoms with Crippen molar-refractivity contribution in [1.82, 2.24) is 9.88 Å². The molecule has 0 bridgehead atoms. The lowest BCUT2D eigenvalue weighted by atomic mass is 10.1. The maximum absolute atomic E-state index is 12.8. The lowest BCUT2D eigenvalue weighted by molar-refractivity contribution is 0.0934. The lowest BCUT2D eigenvalue weighted by Crippen LogP contribution is -2.28. The average Bonchev–Trinajstić information content (AvgIpc) is 2.84. The molecule has 24 heavy (non-hydrogen) atoms. The van der Waals surface area contributed by atoms with E-state index in [1.807, 2.05) is 78.4 Å². The third-order valence-electron chi connectivity index (χ3n) is 4.39. The van der Waals surface area contributed by atoms with Gasteiger partial charge in [-0.1, -0.05) is 60.7 Å². The number of carbonyl (C=O) groups excluding carboxylic acids is 1. The number of para-hydroxylation sites is 1. The Balaban J connectivity index is 1.72. The maximum atomic E-state index is 12.8. The van der Waals surface area contributed by atoms with Gasteiger partial charge in [0, 0.05) is 11.6 Å². The first-order valence-corrected chi connectivity index (χ1v) is 8.08. The first-order valence-electron chi connectivity index (χ1n) is 8.08. The Bertz CT molecular complexity index is 964. The second-order valence-corrected chi connectivity index (χ2v) is 5.99. The van der Waals surface area contributed by atoms with Crippen molar-refractivity contribution in [3.05, 3.63) is 83.6 Å². The van der Waals surface area contributed by atoms with Crippen LogP contribution in [0.25, 0.3) is 23.2 Å². The highest BCUT2D eigenvalue weighted by Crippen LogP contribution is 2.27. The van der Waals surface area contributed by atoms with Gasteiger partial charge in [-0.25, -0.2) is 0 Å².